The summed E-state index contributed by atoms with van der Waals surface area (Å²) in [5, 5.41) is 18.1. The maximum atomic E-state index is 12.4. The molecule has 1 unspecified atom stereocenters. The number of carbonyl (C=O) groups excluding carboxylic acids is 2. The molecule has 0 radical (unpaired) electrons. The van der Waals surface area contributed by atoms with Gasteiger partial charge in [-0.25, -0.2) is 4.79 Å². The predicted octanol–water partition coefficient (Wildman–Crippen LogP) is 2.86. The number of rotatable bonds is 5. The smallest absolute Gasteiger partial charge is 0.320 e. The minimum Gasteiger partial charge on any atom is -0.403 e. The maximum absolute atomic E-state index is 12.4. The van der Waals surface area contributed by atoms with Crippen LogP contribution in [0.1, 0.15) is 41.9 Å². The molecule has 5 rings (SSSR count). The summed E-state index contributed by atoms with van der Waals surface area (Å²) < 4.78 is 7.85. The molecule has 3 aromatic rings. The number of benzene rings is 1. The van der Waals surface area contributed by atoms with E-state index in [1.165, 1.54) is 0 Å². The first-order chi connectivity index (χ1) is 15.0. The second-order valence-electron chi connectivity index (χ2n) is 7.86. The van der Waals surface area contributed by atoms with Crippen LogP contribution in [0, 0.1) is 5.92 Å². The quantitative estimate of drug-likeness (QED) is 0.608. The van der Waals surface area contributed by atoms with Crippen LogP contribution in [-0.4, -0.2) is 45.4 Å². The SMILES string of the molecule is CNC(=O)Nc1cc2n(n1)CCN(c1nnc(-c3cccc(C(=O)C4CC4)c3)o1)C2C. The lowest BCUT2D eigenvalue weighted by Crippen LogP contribution is -2.37. The number of anilines is 2. The van der Waals surface area contributed by atoms with E-state index in [0.29, 0.717) is 36.4 Å². The molecule has 2 amide bonds. The molecule has 1 aliphatic heterocycles. The van der Waals surface area contributed by atoms with E-state index >= 15 is 0 Å². The molecule has 2 aromatic heterocycles. The van der Waals surface area contributed by atoms with E-state index in [0.717, 1.165) is 24.1 Å². The summed E-state index contributed by atoms with van der Waals surface area (Å²) in [6.45, 7) is 3.28. The molecule has 1 aliphatic carbocycles. The largest absolute Gasteiger partial charge is 0.403 e. The monoisotopic (exact) mass is 421 g/mol. The van der Waals surface area contributed by atoms with Crippen LogP contribution in [0.3, 0.4) is 0 Å². The van der Waals surface area contributed by atoms with Crippen molar-refractivity contribution in [3.8, 4) is 11.5 Å². The number of carbonyl (C=O) groups is 2. The lowest BCUT2D eigenvalue weighted by Gasteiger charge is -2.32. The van der Waals surface area contributed by atoms with Gasteiger partial charge in [-0.3, -0.25) is 14.8 Å². The van der Waals surface area contributed by atoms with Crippen LogP contribution in [-0.2, 0) is 6.54 Å². The van der Waals surface area contributed by atoms with Crippen LogP contribution in [0.5, 0.6) is 0 Å². The Morgan fingerprint density at radius 1 is 1.16 bits per heavy atom. The molecule has 0 saturated heterocycles. The van der Waals surface area contributed by atoms with Gasteiger partial charge >= 0.3 is 12.0 Å². The molecule has 1 fully saturated rings. The third-order valence-corrected chi connectivity index (χ3v) is 5.73. The highest BCUT2D eigenvalue weighted by atomic mass is 16.4. The minimum atomic E-state index is -0.316. The van der Waals surface area contributed by atoms with Crippen molar-refractivity contribution in [2.75, 3.05) is 23.8 Å². The fourth-order valence-corrected chi connectivity index (χ4v) is 3.84. The van der Waals surface area contributed by atoms with E-state index in [4.69, 9.17) is 4.42 Å². The van der Waals surface area contributed by atoms with Crippen LogP contribution in [0.2, 0.25) is 0 Å². The van der Waals surface area contributed by atoms with Gasteiger partial charge in [0.15, 0.2) is 11.6 Å². The number of amides is 2. The number of Topliss-reactive ketones (excluding diaryl/α,β-unsaturated/α-hetero) is 1. The first-order valence-electron chi connectivity index (χ1n) is 10.3. The van der Waals surface area contributed by atoms with Gasteiger partial charge < -0.3 is 14.6 Å². The second kappa shape index (κ2) is 7.53. The van der Waals surface area contributed by atoms with Gasteiger partial charge in [-0.15, -0.1) is 5.10 Å². The van der Waals surface area contributed by atoms with Crippen molar-refractivity contribution in [3.63, 3.8) is 0 Å². The molecule has 3 heterocycles. The van der Waals surface area contributed by atoms with Crippen molar-refractivity contribution < 1.29 is 14.0 Å². The first-order valence-corrected chi connectivity index (χ1v) is 10.3. The summed E-state index contributed by atoms with van der Waals surface area (Å²) in [6.07, 6.45) is 1.94. The first kappa shape index (κ1) is 19.3. The van der Waals surface area contributed by atoms with Gasteiger partial charge in [-0.1, -0.05) is 17.2 Å². The fourth-order valence-electron chi connectivity index (χ4n) is 3.84. The highest BCUT2D eigenvalue weighted by molar-refractivity contribution is 6.00. The zero-order valence-electron chi connectivity index (χ0n) is 17.3. The number of hydrogen-bond acceptors (Lipinski definition) is 7. The lowest BCUT2D eigenvalue weighted by atomic mass is 10.0. The highest BCUT2D eigenvalue weighted by Crippen LogP contribution is 2.35. The number of nitrogens with one attached hydrogen (secondary N) is 2. The van der Waals surface area contributed by atoms with Crippen LogP contribution in [0.25, 0.3) is 11.5 Å². The third-order valence-electron chi connectivity index (χ3n) is 5.73. The summed E-state index contributed by atoms with van der Waals surface area (Å²) >= 11 is 0. The molecule has 1 saturated carbocycles. The average molecular weight is 421 g/mol. The van der Waals surface area contributed by atoms with Gasteiger partial charge in [0, 0.05) is 36.7 Å². The Morgan fingerprint density at radius 2 is 2.00 bits per heavy atom. The molecule has 10 heteroatoms. The molecule has 2 aliphatic rings. The van der Waals surface area contributed by atoms with E-state index in [1.54, 1.807) is 7.05 Å². The van der Waals surface area contributed by atoms with Crippen molar-refractivity contribution in [1.82, 2.24) is 25.3 Å². The van der Waals surface area contributed by atoms with Gasteiger partial charge in [0.05, 0.1) is 18.3 Å². The van der Waals surface area contributed by atoms with Crippen molar-refractivity contribution in [3.05, 3.63) is 41.6 Å². The maximum Gasteiger partial charge on any atom is 0.320 e. The van der Waals surface area contributed by atoms with Crippen LogP contribution in [0.4, 0.5) is 16.6 Å². The minimum absolute atomic E-state index is 0.0717. The van der Waals surface area contributed by atoms with Crippen molar-refractivity contribution >= 4 is 23.6 Å². The Hall–Kier alpha value is -3.69. The molecule has 0 bridgehead atoms. The van der Waals surface area contributed by atoms with Gasteiger partial charge in [-0.05, 0) is 31.9 Å². The third kappa shape index (κ3) is 3.65. The molecule has 1 aromatic carbocycles. The van der Waals surface area contributed by atoms with Crippen LogP contribution in [0.15, 0.2) is 34.7 Å². The predicted molar refractivity (Wildman–Crippen MR) is 113 cm³/mol. The zero-order valence-corrected chi connectivity index (χ0v) is 17.3. The van der Waals surface area contributed by atoms with E-state index in [1.807, 2.05) is 46.8 Å². The number of urea groups is 1. The Kier molecular flexibility index (Phi) is 4.68. The van der Waals surface area contributed by atoms with Gasteiger partial charge in [0.2, 0.25) is 5.89 Å². The van der Waals surface area contributed by atoms with Crippen LogP contribution < -0.4 is 15.5 Å². The summed E-state index contributed by atoms with van der Waals surface area (Å²) in [6, 6.07) is 9.24. The molecular weight excluding hydrogens is 398 g/mol. The normalized spacial score (nSPS) is 17.9. The Labute approximate surface area is 178 Å². The van der Waals surface area contributed by atoms with E-state index in [2.05, 4.69) is 25.9 Å². The average Bonchev–Trinajstić information content (AvgIpc) is 3.37. The van der Waals surface area contributed by atoms with E-state index in [-0.39, 0.29) is 23.8 Å². The summed E-state index contributed by atoms with van der Waals surface area (Å²) in [4.78, 5) is 26.0. The number of ketones is 1. The topological polar surface area (TPSA) is 118 Å². The Morgan fingerprint density at radius 3 is 2.77 bits per heavy atom. The number of fused-ring (bicyclic) bond motifs is 1. The van der Waals surface area contributed by atoms with E-state index < -0.39 is 0 Å². The molecule has 1 atom stereocenters. The Bertz CT molecular complexity index is 1150. The lowest BCUT2D eigenvalue weighted by molar-refractivity contribution is 0.0967. The van der Waals surface area contributed by atoms with Gasteiger partial charge in [0.25, 0.3) is 0 Å². The standard InChI is InChI=1S/C21H23N7O3/c1-12-16-11-17(23-20(30)22-2)26-28(16)9-8-27(12)21-25-24-19(31-21)15-5-3-4-14(10-15)18(29)13-6-7-13/h3-5,10-13H,6-9H2,1-2H3,(H2,22,23,26,30). The molecule has 2 N–H and O–H groups in total. The van der Waals surface area contributed by atoms with Gasteiger partial charge in [-0.2, -0.15) is 5.10 Å². The number of aromatic nitrogens is 4. The molecule has 0 spiro atoms. The van der Waals surface area contributed by atoms with Crippen molar-refractivity contribution in [1.29, 1.82) is 0 Å². The van der Waals surface area contributed by atoms with E-state index in [9.17, 15) is 9.59 Å². The van der Waals surface area contributed by atoms with Crippen molar-refractivity contribution in [2.24, 2.45) is 5.92 Å². The summed E-state index contributed by atoms with van der Waals surface area (Å²) in [5.41, 5.74) is 2.36. The Balaban J connectivity index is 1.36. The molecular formula is C21H23N7O3. The highest BCUT2D eigenvalue weighted by Gasteiger charge is 2.31. The number of nitrogens with zero attached hydrogens (tertiary/aromatic N) is 5. The summed E-state index contributed by atoms with van der Waals surface area (Å²) in [5.74, 6) is 1.22. The van der Waals surface area contributed by atoms with Crippen LogP contribution >= 0.6 is 0 Å². The second-order valence-corrected chi connectivity index (χ2v) is 7.86. The fraction of sp³-hybridized carbons (Fsp3) is 0.381. The summed E-state index contributed by atoms with van der Waals surface area (Å²) in [7, 11) is 1.56. The zero-order chi connectivity index (χ0) is 21.5. The molecule has 160 valence electrons. The number of hydrogen-bond donors (Lipinski definition) is 2. The van der Waals surface area contributed by atoms with Gasteiger partial charge in [0.1, 0.15) is 0 Å². The molecule has 31 heavy (non-hydrogen) atoms. The molecule has 10 nitrogen and oxygen atoms in total. The van der Waals surface area contributed by atoms with Crippen molar-refractivity contribution in [2.45, 2.75) is 32.4 Å².